The molecule has 102 valence electrons. The molecular formula is C13H22N2O3. The summed E-state index contributed by atoms with van der Waals surface area (Å²) in [7, 11) is 3.02. The van der Waals surface area contributed by atoms with E-state index in [4.69, 9.17) is 9.47 Å². The Hall–Kier alpha value is -1.36. The Morgan fingerprint density at radius 2 is 1.89 bits per heavy atom. The van der Waals surface area contributed by atoms with Crippen molar-refractivity contribution in [3.63, 3.8) is 0 Å². The van der Waals surface area contributed by atoms with Crippen molar-refractivity contribution < 1.29 is 14.6 Å². The van der Waals surface area contributed by atoms with Gasteiger partial charge in [-0.1, -0.05) is 20.8 Å². The van der Waals surface area contributed by atoms with E-state index in [-0.39, 0.29) is 5.92 Å². The van der Waals surface area contributed by atoms with Crippen LogP contribution in [0.2, 0.25) is 0 Å². The number of hydrogen-bond acceptors (Lipinski definition) is 5. The van der Waals surface area contributed by atoms with Crippen LogP contribution >= 0.6 is 0 Å². The topological polar surface area (TPSA) is 64.5 Å². The fraction of sp³-hybridized carbons (Fsp3) is 0.692. The van der Waals surface area contributed by atoms with E-state index in [1.807, 2.05) is 6.92 Å². The Balaban J connectivity index is 2.93. The number of aliphatic hydroxyl groups excluding tert-OH is 1. The van der Waals surface area contributed by atoms with Crippen molar-refractivity contribution in [3.05, 3.63) is 11.9 Å². The maximum Gasteiger partial charge on any atom is 0.241 e. The number of ether oxygens (including phenoxy) is 2. The Morgan fingerprint density at radius 1 is 1.22 bits per heavy atom. The Morgan fingerprint density at radius 3 is 2.39 bits per heavy atom. The van der Waals surface area contributed by atoms with Crippen LogP contribution in [-0.2, 0) is 0 Å². The molecule has 1 rings (SSSR count). The minimum Gasteiger partial charge on any atom is -0.480 e. The van der Waals surface area contributed by atoms with Gasteiger partial charge in [-0.3, -0.25) is 0 Å². The Labute approximate surface area is 108 Å². The molecule has 1 N–H and O–H groups in total. The van der Waals surface area contributed by atoms with Crippen LogP contribution in [0.4, 0.5) is 0 Å². The minimum absolute atomic E-state index is 0.0987. The summed E-state index contributed by atoms with van der Waals surface area (Å²) >= 11 is 0. The largest absolute Gasteiger partial charge is 0.480 e. The van der Waals surface area contributed by atoms with Crippen LogP contribution in [0, 0.1) is 11.8 Å². The standard InChI is InChI=1S/C13H22N2O3/c1-8(2)6-9(3)12(16)11-13(18-5)15-10(17-4)7-14-11/h7-9,12,16H,6H2,1-5H3. The second-order valence-electron chi connectivity index (χ2n) is 4.86. The zero-order valence-electron chi connectivity index (χ0n) is 11.7. The van der Waals surface area contributed by atoms with E-state index >= 15 is 0 Å². The first-order valence-corrected chi connectivity index (χ1v) is 6.12. The normalized spacial score (nSPS) is 14.4. The molecule has 0 spiro atoms. The number of rotatable bonds is 6. The summed E-state index contributed by atoms with van der Waals surface area (Å²) in [5.74, 6) is 1.31. The fourth-order valence-electron chi connectivity index (χ4n) is 1.96. The molecule has 1 heterocycles. The van der Waals surface area contributed by atoms with E-state index in [2.05, 4.69) is 23.8 Å². The third-order valence-electron chi connectivity index (χ3n) is 2.81. The third-order valence-corrected chi connectivity index (χ3v) is 2.81. The number of methoxy groups -OCH3 is 2. The van der Waals surface area contributed by atoms with Crippen LogP contribution in [-0.4, -0.2) is 29.3 Å². The monoisotopic (exact) mass is 254 g/mol. The third kappa shape index (κ3) is 3.57. The lowest BCUT2D eigenvalue weighted by atomic mass is 9.92. The van der Waals surface area contributed by atoms with E-state index in [0.29, 0.717) is 23.4 Å². The molecule has 1 aromatic rings. The van der Waals surface area contributed by atoms with Gasteiger partial charge in [0.1, 0.15) is 11.8 Å². The molecular weight excluding hydrogens is 232 g/mol. The molecule has 0 aliphatic carbocycles. The van der Waals surface area contributed by atoms with E-state index < -0.39 is 6.10 Å². The summed E-state index contributed by atoms with van der Waals surface area (Å²) in [5.41, 5.74) is 0.464. The lowest BCUT2D eigenvalue weighted by molar-refractivity contribution is 0.0970. The van der Waals surface area contributed by atoms with Gasteiger partial charge in [-0.15, -0.1) is 0 Å². The first-order valence-electron chi connectivity index (χ1n) is 6.12. The minimum atomic E-state index is -0.680. The molecule has 0 saturated carbocycles. The van der Waals surface area contributed by atoms with Crippen molar-refractivity contribution in [1.82, 2.24) is 9.97 Å². The molecule has 0 bridgehead atoms. The summed E-state index contributed by atoms with van der Waals surface area (Å²) in [5, 5.41) is 10.3. The molecule has 5 heteroatoms. The maximum absolute atomic E-state index is 10.3. The molecule has 18 heavy (non-hydrogen) atoms. The highest BCUT2D eigenvalue weighted by atomic mass is 16.5. The van der Waals surface area contributed by atoms with Crippen LogP contribution < -0.4 is 9.47 Å². The second kappa shape index (κ2) is 6.54. The fourth-order valence-corrected chi connectivity index (χ4v) is 1.96. The first kappa shape index (κ1) is 14.7. The van der Waals surface area contributed by atoms with Gasteiger partial charge in [0.2, 0.25) is 11.8 Å². The molecule has 0 aliphatic rings. The zero-order chi connectivity index (χ0) is 13.7. The summed E-state index contributed by atoms with van der Waals surface area (Å²) in [6, 6.07) is 0. The van der Waals surface area contributed by atoms with Crippen molar-refractivity contribution in [1.29, 1.82) is 0 Å². The van der Waals surface area contributed by atoms with Crippen molar-refractivity contribution in [3.8, 4) is 11.8 Å². The summed E-state index contributed by atoms with van der Waals surface area (Å²) < 4.78 is 10.1. The quantitative estimate of drug-likeness (QED) is 0.843. The highest BCUT2D eigenvalue weighted by molar-refractivity contribution is 5.25. The van der Waals surface area contributed by atoms with Crippen molar-refractivity contribution in [2.24, 2.45) is 11.8 Å². The van der Waals surface area contributed by atoms with Gasteiger partial charge in [0.15, 0.2) is 0 Å². The van der Waals surface area contributed by atoms with E-state index in [1.165, 1.54) is 20.4 Å². The van der Waals surface area contributed by atoms with E-state index in [0.717, 1.165) is 6.42 Å². The van der Waals surface area contributed by atoms with Crippen molar-refractivity contribution in [2.75, 3.05) is 14.2 Å². The van der Waals surface area contributed by atoms with Gasteiger partial charge in [0.05, 0.1) is 20.4 Å². The van der Waals surface area contributed by atoms with Gasteiger partial charge in [-0.25, -0.2) is 4.98 Å². The van der Waals surface area contributed by atoms with Crippen molar-refractivity contribution >= 4 is 0 Å². The lowest BCUT2D eigenvalue weighted by Gasteiger charge is -2.21. The molecule has 0 radical (unpaired) electrons. The molecule has 0 aliphatic heterocycles. The number of hydrogen-bond donors (Lipinski definition) is 1. The van der Waals surface area contributed by atoms with Crippen LogP contribution in [0.15, 0.2) is 6.20 Å². The second-order valence-corrected chi connectivity index (χ2v) is 4.86. The van der Waals surface area contributed by atoms with Gasteiger partial charge in [0.25, 0.3) is 0 Å². The van der Waals surface area contributed by atoms with E-state index in [1.54, 1.807) is 0 Å². The molecule has 0 saturated heterocycles. The van der Waals surface area contributed by atoms with Gasteiger partial charge in [0, 0.05) is 0 Å². The highest BCUT2D eigenvalue weighted by Crippen LogP contribution is 2.31. The van der Waals surface area contributed by atoms with Crippen molar-refractivity contribution in [2.45, 2.75) is 33.3 Å². The predicted molar refractivity (Wildman–Crippen MR) is 68.7 cm³/mol. The maximum atomic E-state index is 10.3. The molecule has 2 unspecified atom stereocenters. The predicted octanol–water partition coefficient (Wildman–Crippen LogP) is 2.21. The van der Waals surface area contributed by atoms with E-state index in [9.17, 15) is 5.11 Å². The molecule has 0 aromatic carbocycles. The smallest absolute Gasteiger partial charge is 0.241 e. The highest BCUT2D eigenvalue weighted by Gasteiger charge is 2.23. The summed E-state index contributed by atoms with van der Waals surface area (Å²) in [6.07, 6.45) is 1.72. The van der Waals surface area contributed by atoms with Gasteiger partial charge < -0.3 is 14.6 Å². The Kier molecular flexibility index (Phi) is 5.34. The average Bonchev–Trinajstić information content (AvgIpc) is 2.36. The van der Waals surface area contributed by atoms with Crippen LogP contribution in [0.25, 0.3) is 0 Å². The molecule has 1 aromatic heterocycles. The summed E-state index contributed by atoms with van der Waals surface area (Å²) in [6.45, 7) is 6.25. The van der Waals surface area contributed by atoms with Crippen LogP contribution in [0.1, 0.15) is 39.0 Å². The first-order chi connectivity index (χ1) is 8.49. The Bertz CT molecular complexity index is 382. The molecule has 0 amide bonds. The number of aliphatic hydroxyl groups is 1. The average molecular weight is 254 g/mol. The number of nitrogens with zero attached hydrogens (tertiary/aromatic N) is 2. The van der Waals surface area contributed by atoms with Crippen LogP contribution in [0.5, 0.6) is 11.8 Å². The molecule has 0 fully saturated rings. The van der Waals surface area contributed by atoms with Gasteiger partial charge >= 0.3 is 0 Å². The molecule has 2 atom stereocenters. The van der Waals surface area contributed by atoms with Gasteiger partial charge in [-0.2, -0.15) is 4.98 Å². The lowest BCUT2D eigenvalue weighted by Crippen LogP contribution is -2.15. The summed E-state index contributed by atoms with van der Waals surface area (Å²) in [4.78, 5) is 8.31. The van der Waals surface area contributed by atoms with Crippen LogP contribution in [0.3, 0.4) is 0 Å². The zero-order valence-corrected chi connectivity index (χ0v) is 11.7. The number of aromatic nitrogens is 2. The van der Waals surface area contributed by atoms with Gasteiger partial charge in [-0.05, 0) is 18.3 Å². The molecule has 5 nitrogen and oxygen atoms in total. The SMILES string of the molecule is COc1cnc(C(O)C(C)CC(C)C)c(OC)n1.